The number of anilines is 1. The third kappa shape index (κ3) is 4.24. The van der Waals surface area contributed by atoms with Crippen molar-refractivity contribution in [2.45, 2.75) is 0 Å². The van der Waals surface area contributed by atoms with Crippen LogP contribution in [-0.2, 0) is 0 Å². The first kappa shape index (κ1) is 15.4. The molecule has 6 nitrogen and oxygen atoms in total. The molecule has 2 amide bonds. The Balaban J connectivity index is 1.93. The number of rotatable bonds is 5. The fraction of sp³-hybridized carbons (Fsp3) is 0.125. The van der Waals surface area contributed by atoms with E-state index in [4.69, 9.17) is 9.47 Å². The number of urea groups is 1. The Hall–Kier alpha value is -3.02. The van der Waals surface area contributed by atoms with Gasteiger partial charge in [0.1, 0.15) is 0 Å². The van der Waals surface area contributed by atoms with Crippen molar-refractivity contribution in [2.75, 3.05) is 19.5 Å². The van der Waals surface area contributed by atoms with E-state index in [0.717, 1.165) is 5.56 Å². The zero-order valence-corrected chi connectivity index (χ0v) is 12.4. The van der Waals surface area contributed by atoms with Crippen LogP contribution in [0, 0.1) is 0 Å². The first-order valence-electron chi connectivity index (χ1n) is 6.60. The SMILES string of the molecule is COc1ccc(/C=N\NC(=O)Nc2ccccc2)cc1OC. The number of ether oxygens (including phenoxy) is 2. The molecule has 0 heterocycles. The minimum atomic E-state index is -0.414. The van der Waals surface area contributed by atoms with Crippen LogP contribution in [-0.4, -0.2) is 26.5 Å². The van der Waals surface area contributed by atoms with E-state index in [2.05, 4.69) is 15.8 Å². The van der Waals surface area contributed by atoms with Crippen molar-refractivity contribution < 1.29 is 14.3 Å². The van der Waals surface area contributed by atoms with Gasteiger partial charge in [-0.25, -0.2) is 10.2 Å². The summed E-state index contributed by atoms with van der Waals surface area (Å²) in [6, 6.07) is 14.0. The molecule has 2 rings (SSSR count). The van der Waals surface area contributed by atoms with Crippen LogP contribution in [0.3, 0.4) is 0 Å². The molecule has 0 bridgehead atoms. The standard InChI is InChI=1S/C16H17N3O3/c1-21-14-9-8-12(10-15(14)22-2)11-17-19-16(20)18-13-6-4-3-5-7-13/h3-11H,1-2H3,(H2,18,19,20)/b17-11-. The topological polar surface area (TPSA) is 72.0 Å². The maximum Gasteiger partial charge on any atom is 0.339 e. The van der Waals surface area contributed by atoms with Crippen LogP contribution >= 0.6 is 0 Å². The highest BCUT2D eigenvalue weighted by molar-refractivity contribution is 5.90. The number of hydrogen-bond donors (Lipinski definition) is 2. The third-order valence-electron chi connectivity index (χ3n) is 2.82. The largest absolute Gasteiger partial charge is 0.493 e. The highest BCUT2D eigenvalue weighted by atomic mass is 16.5. The molecule has 0 saturated heterocycles. The molecule has 0 spiro atoms. The van der Waals surface area contributed by atoms with Gasteiger partial charge in [0.15, 0.2) is 11.5 Å². The molecule has 0 fully saturated rings. The van der Waals surface area contributed by atoms with Crippen molar-refractivity contribution in [3.63, 3.8) is 0 Å². The second-order valence-corrected chi connectivity index (χ2v) is 4.30. The Morgan fingerprint density at radius 1 is 1.05 bits per heavy atom. The fourth-order valence-corrected chi connectivity index (χ4v) is 1.78. The van der Waals surface area contributed by atoms with Gasteiger partial charge in [-0.2, -0.15) is 5.10 Å². The van der Waals surface area contributed by atoms with Crippen molar-refractivity contribution in [1.29, 1.82) is 0 Å². The van der Waals surface area contributed by atoms with Crippen molar-refractivity contribution >= 4 is 17.9 Å². The summed E-state index contributed by atoms with van der Waals surface area (Å²) < 4.78 is 10.3. The Morgan fingerprint density at radius 2 is 1.77 bits per heavy atom. The van der Waals surface area contributed by atoms with Crippen LogP contribution < -0.4 is 20.2 Å². The number of hydrogen-bond acceptors (Lipinski definition) is 4. The van der Waals surface area contributed by atoms with Crippen LogP contribution in [0.4, 0.5) is 10.5 Å². The Bertz CT molecular complexity index is 657. The van der Waals surface area contributed by atoms with Gasteiger partial charge in [0.2, 0.25) is 0 Å². The van der Waals surface area contributed by atoms with Gasteiger partial charge in [-0.05, 0) is 35.9 Å². The van der Waals surface area contributed by atoms with E-state index < -0.39 is 6.03 Å². The molecule has 22 heavy (non-hydrogen) atoms. The molecule has 114 valence electrons. The second-order valence-electron chi connectivity index (χ2n) is 4.30. The third-order valence-corrected chi connectivity index (χ3v) is 2.82. The van der Waals surface area contributed by atoms with Crippen LogP contribution in [0.15, 0.2) is 53.6 Å². The van der Waals surface area contributed by atoms with Crippen LogP contribution in [0.25, 0.3) is 0 Å². The summed E-state index contributed by atoms with van der Waals surface area (Å²) in [6.07, 6.45) is 1.52. The van der Waals surface area contributed by atoms with Crippen LogP contribution in [0.2, 0.25) is 0 Å². The molecule has 0 aliphatic carbocycles. The smallest absolute Gasteiger partial charge is 0.339 e. The van der Waals surface area contributed by atoms with Crippen molar-refractivity contribution in [3.8, 4) is 11.5 Å². The first-order chi connectivity index (χ1) is 10.7. The number of benzene rings is 2. The lowest BCUT2D eigenvalue weighted by molar-refractivity contribution is 0.252. The minimum absolute atomic E-state index is 0.414. The second kappa shape index (κ2) is 7.68. The number of carbonyl (C=O) groups excluding carboxylic acids is 1. The monoisotopic (exact) mass is 299 g/mol. The van der Waals surface area contributed by atoms with Gasteiger partial charge in [0.05, 0.1) is 20.4 Å². The summed E-state index contributed by atoms with van der Waals surface area (Å²) >= 11 is 0. The Kier molecular flexibility index (Phi) is 5.37. The lowest BCUT2D eigenvalue weighted by Crippen LogP contribution is -2.24. The quantitative estimate of drug-likeness (QED) is 0.658. The van der Waals surface area contributed by atoms with Gasteiger partial charge in [-0.15, -0.1) is 0 Å². The maximum absolute atomic E-state index is 11.6. The molecular weight excluding hydrogens is 282 g/mol. The summed E-state index contributed by atoms with van der Waals surface area (Å²) in [5, 5.41) is 6.55. The summed E-state index contributed by atoms with van der Waals surface area (Å²) in [6.45, 7) is 0. The molecule has 0 unspecified atom stereocenters. The predicted molar refractivity (Wildman–Crippen MR) is 85.7 cm³/mol. The molecular formula is C16H17N3O3. The number of hydrazone groups is 1. The van der Waals surface area contributed by atoms with Gasteiger partial charge < -0.3 is 14.8 Å². The van der Waals surface area contributed by atoms with Crippen LogP contribution in [0.5, 0.6) is 11.5 Å². The van der Waals surface area contributed by atoms with Gasteiger partial charge in [-0.1, -0.05) is 18.2 Å². The number of nitrogens with one attached hydrogen (secondary N) is 2. The van der Waals surface area contributed by atoms with Crippen LogP contribution in [0.1, 0.15) is 5.56 Å². The molecule has 6 heteroatoms. The van der Waals surface area contributed by atoms with Crippen molar-refractivity contribution in [2.24, 2.45) is 5.10 Å². The van der Waals surface area contributed by atoms with Gasteiger partial charge in [0.25, 0.3) is 0 Å². The molecule has 2 N–H and O–H groups in total. The lowest BCUT2D eigenvalue weighted by Gasteiger charge is -2.07. The summed E-state index contributed by atoms with van der Waals surface area (Å²) in [4.78, 5) is 11.6. The average Bonchev–Trinajstić information content (AvgIpc) is 2.55. The van der Waals surface area contributed by atoms with E-state index in [-0.39, 0.29) is 0 Å². The van der Waals surface area contributed by atoms with Crippen molar-refractivity contribution in [3.05, 3.63) is 54.1 Å². The Labute approximate surface area is 128 Å². The van der Waals surface area contributed by atoms with E-state index in [0.29, 0.717) is 17.2 Å². The molecule has 0 aliphatic heterocycles. The molecule has 0 aromatic heterocycles. The number of methoxy groups -OCH3 is 2. The first-order valence-corrected chi connectivity index (χ1v) is 6.60. The van der Waals surface area contributed by atoms with Gasteiger partial charge >= 0.3 is 6.03 Å². The van der Waals surface area contributed by atoms with Crippen molar-refractivity contribution in [1.82, 2.24) is 5.43 Å². The van der Waals surface area contributed by atoms with Gasteiger partial charge in [0, 0.05) is 5.69 Å². The zero-order chi connectivity index (χ0) is 15.8. The normalized spacial score (nSPS) is 10.3. The van der Waals surface area contributed by atoms with Gasteiger partial charge in [-0.3, -0.25) is 0 Å². The molecule has 0 saturated carbocycles. The number of carbonyl (C=O) groups is 1. The molecule has 2 aromatic carbocycles. The lowest BCUT2D eigenvalue weighted by atomic mass is 10.2. The number of amides is 2. The average molecular weight is 299 g/mol. The summed E-state index contributed by atoms with van der Waals surface area (Å²) in [5.74, 6) is 1.23. The highest BCUT2D eigenvalue weighted by Crippen LogP contribution is 2.26. The molecule has 0 aliphatic rings. The van der Waals surface area contributed by atoms with E-state index in [1.165, 1.54) is 6.21 Å². The maximum atomic E-state index is 11.6. The van der Waals surface area contributed by atoms with E-state index >= 15 is 0 Å². The number of nitrogens with zero attached hydrogens (tertiary/aromatic N) is 1. The zero-order valence-electron chi connectivity index (χ0n) is 12.4. The predicted octanol–water partition coefficient (Wildman–Crippen LogP) is 2.86. The Morgan fingerprint density at radius 3 is 2.45 bits per heavy atom. The minimum Gasteiger partial charge on any atom is -0.493 e. The van der Waals surface area contributed by atoms with E-state index in [1.54, 1.807) is 38.5 Å². The van der Waals surface area contributed by atoms with E-state index in [1.807, 2.05) is 24.3 Å². The molecule has 2 aromatic rings. The fourth-order valence-electron chi connectivity index (χ4n) is 1.78. The number of para-hydroxylation sites is 1. The molecule has 0 atom stereocenters. The summed E-state index contributed by atoms with van der Waals surface area (Å²) in [5.41, 5.74) is 3.86. The van der Waals surface area contributed by atoms with E-state index in [9.17, 15) is 4.79 Å². The molecule has 0 radical (unpaired) electrons. The summed E-state index contributed by atoms with van der Waals surface area (Å²) in [7, 11) is 3.13. The highest BCUT2D eigenvalue weighted by Gasteiger charge is 2.03.